The number of rotatable bonds is 4. The maximum atomic E-state index is 11.7. The first kappa shape index (κ1) is 14.3. The van der Waals surface area contributed by atoms with Gasteiger partial charge in [-0.25, -0.2) is 4.79 Å². The second-order valence-electron chi connectivity index (χ2n) is 4.95. The van der Waals surface area contributed by atoms with Crippen LogP contribution in [0.2, 0.25) is 0 Å². The van der Waals surface area contributed by atoms with Crippen LogP contribution >= 0.6 is 0 Å². The van der Waals surface area contributed by atoms with Gasteiger partial charge in [-0.15, -0.1) is 0 Å². The number of aliphatic hydroxyl groups excluding tert-OH is 1. The lowest BCUT2D eigenvalue weighted by Gasteiger charge is -2.23. The molecule has 0 aliphatic heterocycles. The van der Waals surface area contributed by atoms with Crippen LogP contribution in [0.15, 0.2) is 0 Å². The van der Waals surface area contributed by atoms with E-state index in [1.165, 1.54) is 32.1 Å². The topological polar surface area (TPSA) is 61.4 Å². The highest BCUT2D eigenvalue weighted by Gasteiger charge is 2.15. The van der Waals surface area contributed by atoms with Crippen LogP contribution in [0.25, 0.3) is 0 Å². The minimum Gasteiger partial charge on any atom is -0.394 e. The molecule has 0 radical (unpaired) electrons. The molecule has 0 saturated heterocycles. The minimum atomic E-state index is -0.128. The lowest BCUT2D eigenvalue weighted by molar-refractivity contribution is 0.210. The third kappa shape index (κ3) is 5.91. The summed E-state index contributed by atoms with van der Waals surface area (Å²) in [7, 11) is 0. The van der Waals surface area contributed by atoms with Gasteiger partial charge in [-0.1, -0.05) is 39.0 Å². The van der Waals surface area contributed by atoms with Gasteiger partial charge in [0.25, 0.3) is 0 Å². The summed E-state index contributed by atoms with van der Waals surface area (Å²) in [5.74, 6) is 0. The molecule has 2 amide bonds. The normalized spacial score (nSPS) is 20.1. The zero-order valence-corrected chi connectivity index (χ0v) is 10.9. The fourth-order valence-electron chi connectivity index (χ4n) is 2.29. The number of hydrogen-bond donors (Lipinski definition) is 3. The van der Waals surface area contributed by atoms with Gasteiger partial charge in [0.1, 0.15) is 0 Å². The number of aliphatic hydroxyl groups is 1. The summed E-state index contributed by atoms with van der Waals surface area (Å²) in [6, 6.07) is 0.0616. The average molecular weight is 242 g/mol. The van der Waals surface area contributed by atoms with Crippen molar-refractivity contribution >= 4 is 6.03 Å². The third-order valence-electron chi connectivity index (χ3n) is 3.49. The van der Waals surface area contributed by atoms with Crippen molar-refractivity contribution in [3.05, 3.63) is 0 Å². The Morgan fingerprint density at radius 3 is 2.35 bits per heavy atom. The van der Waals surface area contributed by atoms with Gasteiger partial charge in [-0.3, -0.25) is 0 Å². The van der Waals surface area contributed by atoms with Crippen molar-refractivity contribution in [2.75, 3.05) is 6.61 Å². The molecule has 1 atom stereocenters. The summed E-state index contributed by atoms with van der Waals surface area (Å²) in [6.45, 7) is 1.96. The Hall–Kier alpha value is -0.770. The second kappa shape index (κ2) is 8.34. The first-order valence-corrected chi connectivity index (χ1v) is 6.94. The predicted octanol–water partition coefficient (Wildman–Crippen LogP) is 2.17. The van der Waals surface area contributed by atoms with Crippen LogP contribution < -0.4 is 10.6 Å². The van der Waals surface area contributed by atoms with E-state index in [1.54, 1.807) is 0 Å². The molecule has 1 rings (SSSR count). The van der Waals surface area contributed by atoms with E-state index in [9.17, 15) is 4.79 Å². The summed E-state index contributed by atoms with van der Waals surface area (Å²) < 4.78 is 0. The van der Waals surface area contributed by atoms with Gasteiger partial charge in [0, 0.05) is 6.04 Å². The van der Waals surface area contributed by atoms with Crippen LogP contribution in [-0.4, -0.2) is 29.8 Å². The second-order valence-corrected chi connectivity index (χ2v) is 4.95. The quantitative estimate of drug-likeness (QED) is 0.707. The van der Waals surface area contributed by atoms with Crippen molar-refractivity contribution in [2.24, 2.45) is 0 Å². The molecule has 1 fully saturated rings. The summed E-state index contributed by atoms with van der Waals surface area (Å²) in [5.41, 5.74) is 0. The summed E-state index contributed by atoms with van der Waals surface area (Å²) in [4.78, 5) is 11.7. The number of carbonyl (C=O) groups is 1. The van der Waals surface area contributed by atoms with E-state index >= 15 is 0 Å². The largest absolute Gasteiger partial charge is 0.394 e. The lowest BCUT2D eigenvalue weighted by Crippen LogP contribution is -2.47. The smallest absolute Gasteiger partial charge is 0.315 e. The maximum absolute atomic E-state index is 11.7. The molecular formula is C13H26N2O2. The predicted molar refractivity (Wildman–Crippen MR) is 68.9 cm³/mol. The average Bonchev–Trinajstić information content (AvgIpc) is 2.29. The molecule has 0 bridgehead atoms. The minimum absolute atomic E-state index is 0.00852. The van der Waals surface area contributed by atoms with Gasteiger partial charge in [0.05, 0.1) is 12.6 Å². The standard InChI is InChI=1S/C13H26N2O2/c1-2-11(10-16)14-13(17)15-12-8-6-4-3-5-7-9-12/h11-12,16H,2-10H2,1H3,(H2,14,15,17)/t11-/m1/s1. The van der Waals surface area contributed by atoms with E-state index in [0.29, 0.717) is 6.04 Å². The summed E-state index contributed by atoms with van der Waals surface area (Å²) >= 11 is 0. The third-order valence-corrected chi connectivity index (χ3v) is 3.49. The van der Waals surface area contributed by atoms with Crippen molar-refractivity contribution in [2.45, 2.75) is 70.4 Å². The molecule has 0 spiro atoms. The molecule has 0 aromatic rings. The molecule has 1 saturated carbocycles. The Morgan fingerprint density at radius 2 is 1.82 bits per heavy atom. The number of carbonyl (C=O) groups excluding carboxylic acids is 1. The molecule has 4 heteroatoms. The number of hydrogen-bond acceptors (Lipinski definition) is 2. The number of amides is 2. The van der Waals surface area contributed by atoms with E-state index in [4.69, 9.17) is 5.11 Å². The van der Waals surface area contributed by atoms with Crippen molar-refractivity contribution in [1.29, 1.82) is 0 Å². The zero-order chi connectivity index (χ0) is 12.5. The van der Waals surface area contributed by atoms with Crippen molar-refractivity contribution in [3.63, 3.8) is 0 Å². The highest BCUT2D eigenvalue weighted by molar-refractivity contribution is 5.74. The molecule has 3 N–H and O–H groups in total. The number of urea groups is 1. The van der Waals surface area contributed by atoms with Crippen LogP contribution in [0.5, 0.6) is 0 Å². The number of nitrogens with one attached hydrogen (secondary N) is 2. The fourth-order valence-corrected chi connectivity index (χ4v) is 2.29. The van der Waals surface area contributed by atoms with Crippen LogP contribution in [-0.2, 0) is 0 Å². The van der Waals surface area contributed by atoms with Crippen LogP contribution in [0, 0.1) is 0 Å². The van der Waals surface area contributed by atoms with Gasteiger partial charge in [0.2, 0.25) is 0 Å². The lowest BCUT2D eigenvalue weighted by atomic mass is 9.97. The van der Waals surface area contributed by atoms with E-state index in [1.807, 2.05) is 6.92 Å². The summed E-state index contributed by atoms with van der Waals surface area (Å²) in [6.07, 6.45) is 9.26. The van der Waals surface area contributed by atoms with Gasteiger partial charge in [-0.05, 0) is 19.3 Å². The van der Waals surface area contributed by atoms with Gasteiger partial charge in [0.15, 0.2) is 0 Å². The highest BCUT2D eigenvalue weighted by atomic mass is 16.3. The first-order valence-electron chi connectivity index (χ1n) is 6.94. The zero-order valence-electron chi connectivity index (χ0n) is 10.9. The Morgan fingerprint density at radius 1 is 1.24 bits per heavy atom. The van der Waals surface area contributed by atoms with E-state index in [-0.39, 0.29) is 18.7 Å². The van der Waals surface area contributed by atoms with E-state index in [2.05, 4.69) is 10.6 Å². The van der Waals surface area contributed by atoms with Crippen LogP contribution in [0.3, 0.4) is 0 Å². The highest BCUT2D eigenvalue weighted by Crippen LogP contribution is 2.16. The van der Waals surface area contributed by atoms with E-state index < -0.39 is 0 Å². The molecule has 0 unspecified atom stereocenters. The molecule has 100 valence electrons. The monoisotopic (exact) mass is 242 g/mol. The van der Waals surface area contributed by atoms with Crippen molar-refractivity contribution in [3.8, 4) is 0 Å². The molecule has 17 heavy (non-hydrogen) atoms. The Bertz CT molecular complexity index is 209. The fraction of sp³-hybridized carbons (Fsp3) is 0.923. The Kier molecular flexibility index (Phi) is 7.01. The molecule has 0 heterocycles. The first-order chi connectivity index (χ1) is 8.26. The molecule has 1 aliphatic rings. The summed E-state index contributed by atoms with van der Waals surface area (Å²) in [5, 5.41) is 14.8. The molecule has 0 aromatic heterocycles. The Balaban J connectivity index is 2.27. The van der Waals surface area contributed by atoms with Gasteiger partial charge >= 0.3 is 6.03 Å². The molecule has 1 aliphatic carbocycles. The van der Waals surface area contributed by atoms with Crippen LogP contribution in [0.1, 0.15) is 58.3 Å². The Labute approximate surface area is 104 Å². The van der Waals surface area contributed by atoms with Crippen LogP contribution in [0.4, 0.5) is 4.79 Å². The van der Waals surface area contributed by atoms with Gasteiger partial charge in [-0.2, -0.15) is 0 Å². The molecule has 4 nitrogen and oxygen atoms in total. The van der Waals surface area contributed by atoms with Crippen molar-refractivity contribution in [1.82, 2.24) is 10.6 Å². The maximum Gasteiger partial charge on any atom is 0.315 e. The molecule has 0 aromatic carbocycles. The SMILES string of the molecule is CC[C@H](CO)NC(=O)NC1CCCCCCC1. The van der Waals surface area contributed by atoms with Crippen molar-refractivity contribution < 1.29 is 9.90 Å². The van der Waals surface area contributed by atoms with Gasteiger partial charge < -0.3 is 15.7 Å². The molecular weight excluding hydrogens is 216 g/mol. The van der Waals surface area contributed by atoms with E-state index in [0.717, 1.165) is 19.3 Å².